The molecule has 2 N–H and O–H groups in total. The fraction of sp³-hybridized carbons (Fsp3) is 0.438. The predicted molar refractivity (Wildman–Crippen MR) is 90.7 cm³/mol. The zero-order chi connectivity index (χ0) is 14.6. The third kappa shape index (κ3) is 2.18. The summed E-state index contributed by atoms with van der Waals surface area (Å²) < 4.78 is 2.09. The molecule has 1 saturated carbocycles. The second-order valence-corrected chi connectivity index (χ2v) is 8.11. The molecule has 1 aliphatic heterocycles. The lowest BCUT2D eigenvalue weighted by Crippen LogP contribution is -2.29. The standard InChI is InChI=1S/C16H17BrN2OS/c17-11-4-5-12-13(6-11)21-15(14(12)18)16(20)19-7-9-2-1-3-10(9)8-19/h4-6,9-10H,1-3,7-8,18H2. The molecule has 110 valence electrons. The van der Waals surface area contributed by atoms with Crippen LogP contribution in [0.25, 0.3) is 10.1 Å². The first-order chi connectivity index (χ1) is 10.1. The van der Waals surface area contributed by atoms with E-state index in [0.717, 1.165) is 39.5 Å². The van der Waals surface area contributed by atoms with Crippen molar-refractivity contribution >= 4 is 48.9 Å². The van der Waals surface area contributed by atoms with Crippen LogP contribution in [0.5, 0.6) is 0 Å². The Bertz CT molecular complexity index is 714. The fourth-order valence-corrected chi connectivity index (χ4v) is 5.44. The molecule has 2 aromatic rings. The van der Waals surface area contributed by atoms with Crippen LogP contribution in [0, 0.1) is 11.8 Å². The van der Waals surface area contributed by atoms with Crippen molar-refractivity contribution < 1.29 is 4.79 Å². The van der Waals surface area contributed by atoms with Crippen molar-refractivity contribution in [2.75, 3.05) is 18.8 Å². The number of hydrogen-bond donors (Lipinski definition) is 1. The summed E-state index contributed by atoms with van der Waals surface area (Å²) >= 11 is 4.99. The summed E-state index contributed by atoms with van der Waals surface area (Å²) in [4.78, 5) is 15.5. The fourth-order valence-electron chi connectivity index (χ4n) is 3.79. The molecule has 3 nitrogen and oxygen atoms in total. The van der Waals surface area contributed by atoms with Gasteiger partial charge in [-0.05, 0) is 36.8 Å². The number of carbonyl (C=O) groups excluding carboxylic acids is 1. The number of likely N-dealkylation sites (tertiary alicyclic amines) is 1. The second kappa shape index (κ2) is 4.99. The molecular formula is C16H17BrN2OS. The molecule has 1 aromatic heterocycles. The number of thiophene rings is 1. The molecule has 5 heteroatoms. The van der Waals surface area contributed by atoms with Crippen molar-refractivity contribution in [2.45, 2.75) is 19.3 Å². The Labute approximate surface area is 136 Å². The summed E-state index contributed by atoms with van der Waals surface area (Å²) in [6.45, 7) is 1.84. The van der Waals surface area contributed by atoms with Crippen molar-refractivity contribution in [1.29, 1.82) is 0 Å². The van der Waals surface area contributed by atoms with E-state index in [2.05, 4.69) is 15.9 Å². The Morgan fingerprint density at radius 1 is 1.29 bits per heavy atom. The van der Waals surface area contributed by atoms with Gasteiger partial charge < -0.3 is 10.6 Å². The van der Waals surface area contributed by atoms with Crippen LogP contribution in [0.4, 0.5) is 5.69 Å². The van der Waals surface area contributed by atoms with E-state index in [9.17, 15) is 4.79 Å². The summed E-state index contributed by atoms with van der Waals surface area (Å²) in [5, 5.41) is 0.992. The Hall–Kier alpha value is -1.07. The lowest BCUT2D eigenvalue weighted by molar-refractivity contribution is 0.0786. The van der Waals surface area contributed by atoms with E-state index >= 15 is 0 Å². The Balaban J connectivity index is 1.67. The highest BCUT2D eigenvalue weighted by Gasteiger charge is 2.39. The molecule has 2 heterocycles. The number of benzene rings is 1. The van der Waals surface area contributed by atoms with Crippen molar-refractivity contribution in [3.8, 4) is 0 Å². The number of hydrogen-bond acceptors (Lipinski definition) is 3. The molecule has 1 aliphatic carbocycles. The molecule has 0 spiro atoms. The van der Waals surface area contributed by atoms with Gasteiger partial charge >= 0.3 is 0 Å². The first-order valence-corrected chi connectivity index (χ1v) is 9.01. The quantitative estimate of drug-likeness (QED) is 0.827. The van der Waals surface area contributed by atoms with Gasteiger partial charge in [-0.1, -0.05) is 28.4 Å². The molecule has 1 aromatic carbocycles. The predicted octanol–water partition coefficient (Wildman–Crippen LogP) is 4.12. The number of nitrogen functional groups attached to an aromatic ring is 1. The Morgan fingerprint density at radius 2 is 2.00 bits per heavy atom. The van der Waals surface area contributed by atoms with E-state index in [-0.39, 0.29) is 5.91 Å². The van der Waals surface area contributed by atoms with Gasteiger partial charge in [-0.2, -0.15) is 0 Å². The van der Waals surface area contributed by atoms with E-state index in [1.165, 1.54) is 30.6 Å². The van der Waals surface area contributed by atoms with Gasteiger partial charge in [0.05, 0.1) is 5.69 Å². The minimum absolute atomic E-state index is 0.124. The molecule has 1 amide bonds. The molecule has 0 radical (unpaired) electrons. The maximum atomic E-state index is 12.8. The van der Waals surface area contributed by atoms with Gasteiger partial charge in [-0.25, -0.2) is 0 Å². The van der Waals surface area contributed by atoms with Crippen LogP contribution in [0.3, 0.4) is 0 Å². The van der Waals surface area contributed by atoms with Gasteiger partial charge in [0.15, 0.2) is 0 Å². The first kappa shape index (κ1) is 13.6. The lowest BCUT2D eigenvalue weighted by Gasteiger charge is -2.16. The third-order valence-corrected chi connectivity index (χ3v) is 6.55. The monoisotopic (exact) mass is 364 g/mol. The maximum absolute atomic E-state index is 12.8. The zero-order valence-electron chi connectivity index (χ0n) is 11.6. The normalized spacial score (nSPS) is 24.7. The highest BCUT2D eigenvalue weighted by molar-refractivity contribution is 9.10. The van der Waals surface area contributed by atoms with E-state index < -0.39 is 0 Å². The molecule has 4 rings (SSSR count). The minimum atomic E-state index is 0.124. The van der Waals surface area contributed by atoms with Gasteiger partial charge in [0.2, 0.25) is 0 Å². The summed E-state index contributed by atoms with van der Waals surface area (Å²) in [6, 6.07) is 5.99. The molecule has 2 atom stereocenters. The van der Waals surface area contributed by atoms with E-state index in [4.69, 9.17) is 5.73 Å². The van der Waals surface area contributed by atoms with Crippen molar-refractivity contribution in [3.05, 3.63) is 27.5 Å². The molecule has 2 unspecified atom stereocenters. The van der Waals surface area contributed by atoms with Crippen molar-refractivity contribution in [2.24, 2.45) is 11.8 Å². The number of rotatable bonds is 1. The molecule has 1 saturated heterocycles. The summed E-state index contributed by atoms with van der Waals surface area (Å²) in [5.74, 6) is 1.57. The molecule has 2 fully saturated rings. The number of nitrogens with zero attached hydrogens (tertiary/aromatic N) is 1. The van der Waals surface area contributed by atoms with Crippen molar-refractivity contribution in [3.63, 3.8) is 0 Å². The molecule has 0 bridgehead atoms. The average molecular weight is 365 g/mol. The Kier molecular flexibility index (Phi) is 3.23. The Morgan fingerprint density at radius 3 is 2.71 bits per heavy atom. The highest BCUT2D eigenvalue weighted by Crippen LogP contribution is 2.40. The first-order valence-electron chi connectivity index (χ1n) is 7.40. The number of anilines is 1. The van der Waals surface area contributed by atoms with Crippen LogP contribution < -0.4 is 5.73 Å². The number of carbonyl (C=O) groups is 1. The SMILES string of the molecule is Nc1c(C(=O)N2CC3CCCC3C2)sc2cc(Br)ccc12. The van der Waals surface area contributed by atoms with Crippen molar-refractivity contribution in [1.82, 2.24) is 4.90 Å². The minimum Gasteiger partial charge on any atom is -0.397 e. The van der Waals surface area contributed by atoms with E-state index in [1.54, 1.807) is 0 Å². The number of halogens is 1. The molecular weight excluding hydrogens is 348 g/mol. The number of amides is 1. The number of fused-ring (bicyclic) bond motifs is 2. The lowest BCUT2D eigenvalue weighted by atomic mass is 10.0. The summed E-state index contributed by atoms with van der Waals surface area (Å²) in [7, 11) is 0. The van der Waals surface area contributed by atoms with E-state index in [0.29, 0.717) is 10.6 Å². The zero-order valence-corrected chi connectivity index (χ0v) is 14.0. The third-order valence-electron chi connectivity index (χ3n) is 4.90. The summed E-state index contributed by atoms with van der Waals surface area (Å²) in [5.41, 5.74) is 6.86. The summed E-state index contributed by atoms with van der Waals surface area (Å²) in [6.07, 6.45) is 3.89. The van der Waals surface area contributed by atoms with Crippen LogP contribution in [0.15, 0.2) is 22.7 Å². The smallest absolute Gasteiger partial charge is 0.266 e. The van der Waals surface area contributed by atoms with Gasteiger partial charge in [-0.3, -0.25) is 4.79 Å². The maximum Gasteiger partial charge on any atom is 0.266 e. The van der Waals surface area contributed by atoms with Gasteiger partial charge in [0.1, 0.15) is 4.88 Å². The largest absolute Gasteiger partial charge is 0.397 e. The topological polar surface area (TPSA) is 46.3 Å². The molecule has 21 heavy (non-hydrogen) atoms. The van der Waals surface area contributed by atoms with Crippen LogP contribution in [-0.4, -0.2) is 23.9 Å². The van der Waals surface area contributed by atoms with Crippen LogP contribution in [0.2, 0.25) is 0 Å². The van der Waals surface area contributed by atoms with E-state index in [1.807, 2.05) is 23.1 Å². The van der Waals surface area contributed by atoms with Gasteiger partial charge in [0, 0.05) is 27.6 Å². The average Bonchev–Trinajstić information content (AvgIpc) is 3.11. The van der Waals surface area contributed by atoms with Gasteiger partial charge in [0.25, 0.3) is 5.91 Å². The van der Waals surface area contributed by atoms with Gasteiger partial charge in [-0.15, -0.1) is 11.3 Å². The van der Waals surface area contributed by atoms with Crippen LogP contribution >= 0.6 is 27.3 Å². The molecule has 2 aliphatic rings. The second-order valence-electron chi connectivity index (χ2n) is 6.15. The number of nitrogens with two attached hydrogens (primary N) is 1. The van der Waals surface area contributed by atoms with Crippen LogP contribution in [0.1, 0.15) is 28.9 Å². The van der Waals surface area contributed by atoms with Crippen LogP contribution in [-0.2, 0) is 0 Å². The highest BCUT2D eigenvalue weighted by atomic mass is 79.9.